The van der Waals surface area contributed by atoms with Crippen molar-refractivity contribution in [3.05, 3.63) is 78.4 Å². The number of rotatable bonds is 7. The molecule has 0 saturated carbocycles. The van der Waals surface area contributed by atoms with Gasteiger partial charge in [0.25, 0.3) is 5.91 Å². The lowest BCUT2D eigenvalue weighted by molar-refractivity contribution is -0.201. The number of benzene rings is 2. The number of carbonyl (C=O) groups is 1. The Bertz CT molecular complexity index is 940. The van der Waals surface area contributed by atoms with Crippen LogP contribution in [0.15, 0.2) is 67.1 Å². The molecule has 2 aromatic carbocycles. The molecule has 0 bridgehead atoms. The maximum atomic E-state index is 12.7. The molecule has 3 aromatic rings. The van der Waals surface area contributed by atoms with Crippen molar-refractivity contribution < 1.29 is 19.0 Å². The molecule has 1 aromatic heterocycles. The van der Waals surface area contributed by atoms with Crippen molar-refractivity contribution in [2.24, 2.45) is 0 Å². The van der Waals surface area contributed by atoms with E-state index in [1.165, 1.54) is 0 Å². The lowest BCUT2D eigenvalue weighted by Crippen LogP contribution is -2.48. The molecule has 150 valence electrons. The van der Waals surface area contributed by atoms with Crippen LogP contribution in [0.5, 0.6) is 5.75 Å². The number of para-hydroxylation sites is 1. The van der Waals surface area contributed by atoms with E-state index in [-0.39, 0.29) is 12.5 Å². The molecule has 2 heterocycles. The third-order valence-corrected chi connectivity index (χ3v) is 4.75. The number of hydrogen-bond acceptors (Lipinski definition) is 5. The lowest BCUT2D eigenvalue weighted by Gasteiger charge is -2.32. The number of aromatic nitrogens is 2. The van der Waals surface area contributed by atoms with Gasteiger partial charge in [-0.15, -0.1) is 0 Å². The Kier molecular flexibility index (Phi) is 5.88. The second kappa shape index (κ2) is 8.89. The van der Waals surface area contributed by atoms with Crippen molar-refractivity contribution in [2.75, 3.05) is 20.3 Å². The Balaban J connectivity index is 1.34. The van der Waals surface area contributed by atoms with Crippen molar-refractivity contribution in [3.63, 3.8) is 0 Å². The van der Waals surface area contributed by atoms with Crippen LogP contribution >= 0.6 is 0 Å². The molecule has 1 amide bonds. The van der Waals surface area contributed by atoms with Gasteiger partial charge >= 0.3 is 0 Å². The number of carbonyl (C=O) groups excluding carboxylic acids is 1. The molecule has 0 aliphatic carbocycles. The van der Waals surface area contributed by atoms with Crippen LogP contribution in [-0.4, -0.2) is 46.9 Å². The summed E-state index contributed by atoms with van der Waals surface area (Å²) in [6.07, 6.45) is 2.70. The Morgan fingerprint density at radius 1 is 1.14 bits per heavy atom. The van der Waals surface area contributed by atoms with Gasteiger partial charge in [0.2, 0.25) is 6.29 Å². The summed E-state index contributed by atoms with van der Waals surface area (Å²) in [6, 6.07) is 17.6. The average molecular weight is 393 g/mol. The second-order valence-electron chi connectivity index (χ2n) is 6.73. The summed E-state index contributed by atoms with van der Waals surface area (Å²) in [4.78, 5) is 18.8. The highest BCUT2D eigenvalue weighted by Crippen LogP contribution is 2.17. The molecule has 7 heteroatoms. The number of methoxy groups -OCH3 is 1. The first-order chi connectivity index (χ1) is 14.2. The Hall–Kier alpha value is -3.16. The molecule has 7 nitrogen and oxygen atoms in total. The van der Waals surface area contributed by atoms with E-state index in [1.54, 1.807) is 18.3 Å². The molecule has 1 atom stereocenters. The van der Waals surface area contributed by atoms with Gasteiger partial charge in [0.15, 0.2) is 0 Å². The topological polar surface area (TPSA) is 65.8 Å². The highest BCUT2D eigenvalue weighted by Gasteiger charge is 2.30. The van der Waals surface area contributed by atoms with Crippen LogP contribution in [-0.2, 0) is 27.4 Å². The van der Waals surface area contributed by atoms with E-state index in [9.17, 15) is 4.79 Å². The summed E-state index contributed by atoms with van der Waals surface area (Å²) in [5, 5.41) is 0. The predicted octanol–water partition coefficient (Wildman–Crippen LogP) is 2.78. The first-order valence-electron chi connectivity index (χ1n) is 9.46. The van der Waals surface area contributed by atoms with Gasteiger partial charge in [0.05, 0.1) is 32.3 Å². The zero-order chi connectivity index (χ0) is 20.1. The highest BCUT2D eigenvalue weighted by molar-refractivity contribution is 5.80. The SMILES string of the molecule is COc1ccc(CN2CCOC(OCc3cn(-c4ccccc4)cn3)C2=O)cc1. The number of nitrogens with zero attached hydrogens (tertiary/aromatic N) is 3. The van der Waals surface area contributed by atoms with Crippen LogP contribution in [0.2, 0.25) is 0 Å². The first kappa shape index (κ1) is 19.2. The molecule has 0 N–H and O–H groups in total. The molecule has 29 heavy (non-hydrogen) atoms. The zero-order valence-electron chi connectivity index (χ0n) is 16.2. The normalized spacial score (nSPS) is 16.8. The van der Waals surface area contributed by atoms with Crippen molar-refractivity contribution in [3.8, 4) is 11.4 Å². The summed E-state index contributed by atoms with van der Waals surface area (Å²) in [5.41, 5.74) is 2.78. The molecule has 4 rings (SSSR count). The van der Waals surface area contributed by atoms with Crippen molar-refractivity contribution in [1.82, 2.24) is 14.5 Å². The third-order valence-electron chi connectivity index (χ3n) is 4.75. The predicted molar refractivity (Wildman–Crippen MR) is 107 cm³/mol. The summed E-state index contributed by atoms with van der Waals surface area (Å²) in [5.74, 6) is 0.618. The van der Waals surface area contributed by atoms with Crippen molar-refractivity contribution in [2.45, 2.75) is 19.4 Å². The lowest BCUT2D eigenvalue weighted by atomic mass is 10.2. The van der Waals surface area contributed by atoms with E-state index in [0.29, 0.717) is 19.7 Å². The van der Waals surface area contributed by atoms with Crippen LogP contribution in [0.4, 0.5) is 0 Å². The summed E-state index contributed by atoms with van der Waals surface area (Å²) < 4.78 is 18.4. The Morgan fingerprint density at radius 2 is 1.93 bits per heavy atom. The third kappa shape index (κ3) is 4.64. The summed E-state index contributed by atoms with van der Waals surface area (Å²) in [6.45, 7) is 1.68. The van der Waals surface area contributed by atoms with Gasteiger partial charge in [-0.25, -0.2) is 4.98 Å². The van der Waals surface area contributed by atoms with Crippen LogP contribution < -0.4 is 4.74 Å². The van der Waals surface area contributed by atoms with Gasteiger partial charge in [-0.1, -0.05) is 30.3 Å². The van der Waals surface area contributed by atoms with E-state index in [4.69, 9.17) is 14.2 Å². The number of amides is 1. The zero-order valence-corrected chi connectivity index (χ0v) is 16.2. The number of ether oxygens (including phenoxy) is 3. The minimum Gasteiger partial charge on any atom is -0.497 e. The van der Waals surface area contributed by atoms with Gasteiger partial charge < -0.3 is 23.7 Å². The van der Waals surface area contributed by atoms with Gasteiger partial charge in [-0.3, -0.25) is 4.79 Å². The van der Waals surface area contributed by atoms with Gasteiger partial charge in [0.1, 0.15) is 5.75 Å². The van der Waals surface area contributed by atoms with Crippen molar-refractivity contribution in [1.29, 1.82) is 0 Å². The monoisotopic (exact) mass is 393 g/mol. The fraction of sp³-hybridized carbons (Fsp3) is 0.273. The Labute approximate surface area is 169 Å². The van der Waals surface area contributed by atoms with E-state index >= 15 is 0 Å². The average Bonchev–Trinajstić information content (AvgIpc) is 3.25. The van der Waals surface area contributed by atoms with Crippen LogP contribution in [0, 0.1) is 0 Å². The minimum absolute atomic E-state index is 0.172. The molecule has 1 saturated heterocycles. The fourth-order valence-corrected chi connectivity index (χ4v) is 3.17. The fourth-order valence-electron chi connectivity index (χ4n) is 3.17. The van der Waals surface area contributed by atoms with Gasteiger partial charge in [-0.05, 0) is 29.8 Å². The molecular formula is C22H23N3O4. The molecule has 0 radical (unpaired) electrons. The molecular weight excluding hydrogens is 370 g/mol. The largest absolute Gasteiger partial charge is 0.497 e. The highest BCUT2D eigenvalue weighted by atomic mass is 16.7. The van der Waals surface area contributed by atoms with E-state index in [0.717, 1.165) is 22.7 Å². The van der Waals surface area contributed by atoms with Crippen LogP contribution in [0.25, 0.3) is 5.69 Å². The maximum Gasteiger partial charge on any atom is 0.279 e. The van der Waals surface area contributed by atoms with E-state index in [1.807, 2.05) is 65.4 Å². The quantitative estimate of drug-likeness (QED) is 0.618. The van der Waals surface area contributed by atoms with Crippen molar-refractivity contribution >= 4 is 5.91 Å². The molecule has 1 unspecified atom stereocenters. The molecule has 1 aliphatic heterocycles. The smallest absolute Gasteiger partial charge is 0.279 e. The van der Waals surface area contributed by atoms with Gasteiger partial charge in [0, 0.05) is 25.0 Å². The number of imidazole rings is 1. The number of hydrogen-bond donors (Lipinski definition) is 0. The molecule has 0 spiro atoms. The summed E-state index contributed by atoms with van der Waals surface area (Å²) in [7, 11) is 1.63. The second-order valence-corrected chi connectivity index (χ2v) is 6.73. The summed E-state index contributed by atoms with van der Waals surface area (Å²) >= 11 is 0. The minimum atomic E-state index is -0.913. The van der Waals surface area contributed by atoms with Gasteiger partial charge in [-0.2, -0.15) is 0 Å². The van der Waals surface area contributed by atoms with Crippen LogP contribution in [0.3, 0.4) is 0 Å². The van der Waals surface area contributed by atoms with Crippen LogP contribution in [0.1, 0.15) is 11.3 Å². The standard InChI is InChI=1S/C22H23N3O4/c1-27-20-9-7-17(8-10-20)13-24-11-12-28-22(21(24)26)29-15-18-14-25(16-23-18)19-5-3-2-4-6-19/h2-10,14,16,22H,11-13,15H2,1H3. The first-order valence-corrected chi connectivity index (χ1v) is 9.46. The van der Waals surface area contributed by atoms with E-state index in [2.05, 4.69) is 4.98 Å². The molecule has 1 fully saturated rings. The molecule has 1 aliphatic rings. The van der Waals surface area contributed by atoms with E-state index < -0.39 is 6.29 Å². The Morgan fingerprint density at radius 3 is 2.69 bits per heavy atom. The maximum absolute atomic E-state index is 12.7. The number of morpholine rings is 1.